The van der Waals surface area contributed by atoms with E-state index in [1.165, 1.54) is 17.8 Å². The predicted molar refractivity (Wildman–Crippen MR) is 91.9 cm³/mol. The molecular weight excluding hydrogens is 304 g/mol. The Kier molecular flexibility index (Phi) is 4.14. The van der Waals surface area contributed by atoms with E-state index in [1.54, 1.807) is 4.90 Å². The number of imidazole rings is 1. The van der Waals surface area contributed by atoms with E-state index in [0.717, 1.165) is 38.1 Å². The van der Waals surface area contributed by atoms with Gasteiger partial charge in [0.2, 0.25) is 0 Å². The number of amides is 1. The Labute approximate surface area is 142 Å². The molecule has 0 unspecified atom stereocenters. The number of ether oxygens (including phenoxy) is 1. The van der Waals surface area contributed by atoms with Crippen molar-refractivity contribution in [1.82, 2.24) is 19.4 Å². The van der Waals surface area contributed by atoms with E-state index in [1.807, 2.05) is 6.07 Å². The molecule has 4 rings (SSSR count). The molecule has 0 saturated carbocycles. The van der Waals surface area contributed by atoms with Gasteiger partial charge in [0.1, 0.15) is 12.4 Å². The van der Waals surface area contributed by atoms with Gasteiger partial charge in [0.25, 0.3) is 0 Å². The van der Waals surface area contributed by atoms with E-state index in [-0.39, 0.29) is 6.09 Å². The van der Waals surface area contributed by atoms with E-state index >= 15 is 0 Å². The van der Waals surface area contributed by atoms with Crippen molar-refractivity contribution in [2.75, 3.05) is 32.8 Å². The Balaban J connectivity index is 1.55. The summed E-state index contributed by atoms with van der Waals surface area (Å²) < 4.78 is 7.36. The molecule has 2 aromatic rings. The minimum absolute atomic E-state index is 0.174. The van der Waals surface area contributed by atoms with Gasteiger partial charge in [0.05, 0.1) is 23.6 Å². The van der Waals surface area contributed by atoms with Crippen LogP contribution in [-0.2, 0) is 11.3 Å². The number of benzene rings is 1. The van der Waals surface area contributed by atoms with Crippen LogP contribution in [0.15, 0.2) is 24.3 Å². The van der Waals surface area contributed by atoms with Crippen molar-refractivity contribution in [2.24, 2.45) is 0 Å². The van der Waals surface area contributed by atoms with Gasteiger partial charge in [-0.05, 0) is 38.4 Å². The Morgan fingerprint density at radius 1 is 1.25 bits per heavy atom. The minimum Gasteiger partial charge on any atom is -0.448 e. The number of carbonyl (C=O) groups excluding carboxylic acids is 1. The normalized spacial score (nSPS) is 21.8. The van der Waals surface area contributed by atoms with Gasteiger partial charge < -0.3 is 14.2 Å². The van der Waals surface area contributed by atoms with Crippen LogP contribution in [0.25, 0.3) is 11.0 Å². The van der Waals surface area contributed by atoms with Crippen LogP contribution in [0.5, 0.6) is 0 Å². The van der Waals surface area contributed by atoms with Gasteiger partial charge in [-0.25, -0.2) is 9.78 Å². The van der Waals surface area contributed by atoms with Crippen molar-refractivity contribution < 1.29 is 9.53 Å². The maximum Gasteiger partial charge on any atom is 0.409 e. The fraction of sp³-hybridized carbons (Fsp3) is 0.556. The zero-order valence-electron chi connectivity index (χ0n) is 14.1. The lowest BCUT2D eigenvalue weighted by atomic mass is 10.2. The summed E-state index contributed by atoms with van der Waals surface area (Å²) in [5, 5.41) is 0. The van der Waals surface area contributed by atoms with Crippen molar-refractivity contribution in [2.45, 2.75) is 32.4 Å². The maximum absolute atomic E-state index is 11.6. The molecule has 1 aromatic heterocycles. The van der Waals surface area contributed by atoms with Crippen LogP contribution in [-0.4, -0.2) is 58.2 Å². The number of aromatic nitrogens is 2. The van der Waals surface area contributed by atoms with Crippen LogP contribution in [0.4, 0.5) is 4.79 Å². The van der Waals surface area contributed by atoms with Crippen LogP contribution >= 0.6 is 0 Å². The topological polar surface area (TPSA) is 50.6 Å². The molecule has 24 heavy (non-hydrogen) atoms. The number of likely N-dealkylation sites (tertiary alicyclic amines) is 1. The molecule has 2 aliphatic rings. The van der Waals surface area contributed by atoms with E-state index in [0.29, 0.717) is 19.2 Å². The smallest absolute Gasteiger partial charge is 0.409 e. The summed E-state index contributed by atoms with van der Waals surface area (Å²) in [6.07, 6.45) is 2.14. The molecule has 1 amide bonds. The lowest BCUT2D eigenvalue weighted by Gasteiger charge is -2.26. The molecule has 0 bridgehead atoms. The minimum atomic E-state index is -0.174. The van der Waals surface area contributed by atoms with E-state index < -0.39 is 0 Å². The third-order valence-electron chi connectivity index (χ3n) is 5.16. The number of carbonyl (C=O) groups is 1. The summed E-state index contributed by atoms with van der Waals surface area (Å²) in [7, 11) is 0. The van der Waals surface area contributed by atoms with E-state index in [9.17, 15) is 4.79 Å². The van der Waals surface area contributed by atoms with Gasteiger partial charge in [-0.1, -0.05) is 12.1 Å². The average Bonchev–Trinajstić information content (AvgIpc) is 3.30. The summed E-state index contributed by atoms with van der Waals surface area (Å²) in [6, 6.07) is 8.70. The Bertz CT molecular complexity index is 742. The fourth-order valence-corrected chi connectivity index (χ4v) is 3.95. The van der Waals surface area contributed by atoms with Gasteiger partial charge in [0.15, 0.2) is 0 Å². The molecule has 6 heteroatoms. The molecule has 0 aliphatic carbocycles. The number of para-hydroxylation sites is 2. The third-order valence-corrected chi connectivity index (χ3v) is 5.16. The van der Waals surface area contributed by atoms with Crippen molar-refractivity contribution in [1.29, 1.82) is 0 Å². The van der Waals surface area contributed by atoms with E-state index in [4.69, 9.17) is 9.72 Å². The first kappa shape index (κ1) is 15.4. The standard InChI is InChI=1S/C18H24N4O2/c1-2-22-15-7-4-3-6-14(15)19-17(22)16-8-5-9-20(16)10-11-21-12-13-24-18(21)23/h3-4,6-7,16H,2,5,8-13H2,1H3/t16-/m1/s1. The lowest BCUT2D eigenvalue weighted by molar-refractivity contribution is 0.151. The van der Waals surface area contributed by atoms with Crippen LogP contribution in [0.2, 0.25) is 0 Å². The highest BCUT2D eigenvalue weighted by molar-refractivity contribution is 5.76. The van der Waals surface area contributed by atoms with Crippen molar-refractivity contribution in [3.05, 3.63) is 30.1 Å². The molecule has 3 heterocycles. The summed E-state index contributed by atoms with van der Waals surface area (Å²) in [4.78, 5) is 20.8. The first-order chi connectivity index (χ1) is 11.8. The Morgan fingerprint density at radius 2 is 2.12 bits per heavy atom. The maximum atomic E-state index is 11.6. The molecular formula is C18H24N4O2. The number of nitrogens with zero attached hydrogens (tertiary/aromatic N) is 4. The zero-order chi connectivity index (χ0) is 16.5. The zero-order valence-corrected chi connectivity index (χ0v) is 14.1. The molecule has 1 atom stereocenters. The van der Waals surface area contributed by atoms with Crippen LogP contribution in [0.3, 0.4) is 0 Å². The van der Waals surface area contributed by atoms with Gasteiger partial charge >= 0.3 is 6.09 Å². The second kappa shape index (κ2) is 6.43. The summed E-state index contributed by atoms with van der Waals surface area (Å²) in [6.45, 7) is 7.03. The van der Waals surface area contributed by atoms with Gasteiger partial charge in [-0.15, -0.1) is 0 Å². The highest BCUT2D eigenvalue weighted by Gasteiger charge is 2.31. The molecule has 0 N–H and O–H groups in total. The number of hydrogen-bond donors (Lipinski definition) is 0. The summed E-state index contributed by atoms with van der Waals surface area (Å²) in [5.41, 5.74) is 2.29. The molecule has 1 aromatic carbocycles. The second-order valence-electron chi connectivity index (χ2n) is 6.50. The lowest BCUT2D eigenvalue weighted by Crippen LogP contribution is -2.36. The number of fused-ring (bicyclic) bond motifs is 1. The van der Waals surface area contributed by atoms with Crippen LogP contribution in [0, 0.1) is 0 Å². The molecule has 2 fully saturated rings. The number of hydrogen-bond acceptors (Lipinski definition) is 4. The monoisotopic (exact) mass is 328 g/mol. The first-order valence-corrected chi connectivity index (χ1v) is 8.89. The predicted octanol–water partition coefficient (Wildman–Crippen LogP) is 2.65. The average molecular weight is 328 g/mol. The second-order valence-corrected chi connectivity index (χ2v) is 6.50. The van der Waals surface area contributed by atoms with Crippen molar-refractivity contribution in [3.63, 3.8) is 0 Å². The summed E-state index contributed by atoms with van der Waals surface area (Å²) >= 11 is 0. The number of cyclic esters (lactones) is 1. The van der Waals surface area contributed by atoms with Gasteiger partial charge in [-0.2, -0.15) is 0 Å². The van der Waals surface area contributed by atoms with Crippen LogP contribution < -0.4 is 0 Å². The van der Waals surface area contributed by atoms with Crippen molar-refractivity contribution >= 4 is 17.1 Å². The molecule has 6 nitrogen and oxygen atoms in total. The fourth-order valence-electron chi connectivity index (χ4n) is 3.95. The van der Waals surface area contributed by atoms with Gasteiger partial charge in [0, 0.05) is 19.6 Å². The number of aryl methyl sites for hydroxylation is 1. The van der Waals surface area contributed by atoms with Crippen LogP contribution in [0.1, 0.15) is 31.6 Å². The molecule has 0 radical (unpaired) electrons. The molecule has 128 valence electrons. The van der Waals surface area contributed by atoms with Gasteiger partial charge in [-0.3, -0.25) is 4.90 Å². The third kappa shape index (κ3) is 2.65. The largest absolute Gasteiger partial charge is 0.448 e. The molecule has 2 aliphatic heterocycles. The Morgan fingerprint density at radius 3 is 2.92 bits per heavy atom. The SMILES string of the molecule is CCn1c([C@H]2CCCN2CCN2CCOC2=O)nc2ccccc21. The van der Waals surface area contributed by atoms with E-state index in [2.05, 4.69) is 34.6 Å². The highest BCUT2D eigenvalue weighted by Crippen LogP contribution is 2.33. The Hall–Kier alpha value is -2.08. The quantitative estimate of drug-likeness (QED) is 0.847. The number of rotatable bonds is 5. The highest BCUT2D eigenvalue weighted by atomic mass is 16.6. The molecule has 0 spiro atoms. The van der Waals surface area contributed by atoms with Crippen molar-refractivity contribution in [3.8, 4) is 0 Å². The first-order valence-electron chi connectivity index (χ1n) is 8.89. The summed E-state index contributed by atoms with van der Waals surface area (Å²) in [5.74, 6) is 1.17. The molecule has 2 saturated heterocycles.